The highest BCUT2D eigenvalue weighted by molar-refractivity contribution is 5.47. The van der Waals surface area contributed by atoms with E-state index >= 15 is 0 Å². The maximum Gasteiger partial charge on any atom is 0.0677 e. The fourth-order valence-corrected chi connectivity index (χ4v) is 1.91. The van der Waals surface area contributed by atoms with Gasteiger partial charge in [0.05, 0.1) is 12.0 Å². The highest BCUT2D eigenvalue weighted by Crippen LogP contribution is 2.21. The second-order valence-electron chi connectivity index (χ2n) is 5.61. The molecule has 18 heavy (non-hydrogen) atoms. The maximum atomic E-state index is 9.13. The van der Waals surface area contributed by atoms with E-state index in [1.807, 2.05) is 0 Å². The average molecular weight is 244 g/mol. The van der Waals surface area contributed by atoms with Crippen LogP contribution in [0.15, 0.2) is 24.3 Å². The van der Waals surface area contributed by atoms with Crippen LogP contribution >= 0.6 is 0 Å². The number of hydrogen-bond donors (Lipinski definition) is 0. The Bertz CT molecular complexity index is 398. The molecule has 0 radical (unpaired) electrons. The third-order valence-electron chi connectivity index (χ3n) is 3.44. The van der Waals surface area contributed by atoms with E-state index in [-0.39, 0.29) is 5.92 Å². The Morgan fingerprint density at radius 2 is 1.67 bits per heavy atom. The van der Waals surface area contributed by atoms with Gasteiger partial charge in [0.15, 0.2) is 0 Å². The molecule has 1 unspecified atom stereocenters. The summed E-state index contributed by atoms with van der Waals surface area (Å²) >= 11 is 0. The third kappa shape index (κ3) is 3.77. The van der Waals surface area contributed by atoms with Gasteiger partial charge in [-0.05, 0) is 29.5 Å². The van der Waals surface area contributed by atoms with Crippen LogP contribution in [0.5, 0.6) is 0 Å². The molecule has 0 aliphatic carbocycles. The first-order valence-corrected chi connectivity index (χ1v) is 6.66. The Labute approximate surface area is 111 Å². The van der Waals surface area contributed by atoms with E-state index in [0.717, 1.165) is 6.54 Å². The lowest BCUT2D eigenvalue weighted by molar-refractivity contribution is 0.477. The molecule has 0 saturated carbocycles. The average Bonchev–Trinajstić information content (AvgIpc) is 2.35. The van der Waals surface area contributed by atoms with Crippen LogP contribution in [0.1, 0.15) is 39.2 Å². The molecule has 0 saturated heterocycles. The molecule has 1 aromatic carbocycles. The van der Waals surface area contributed by atoms with Crippen LogP contribution in [0.2, 0.25) is 0 Å². The first kappa shape index (κ1) is 14.6. The zero-order valence-corrected chi connectivity index (χ0v) is 12.1. The second-order valence-corrected chi connectivity index (χ2v) is 5.61. The van der Waals surface area contributed by atoms with Crippen molar-refractivity contribution in [3.05, 3.63) is 29.8 Å². The third-order valence-corrected chi connectivity index (χ3v) is 3.44. The summed E-state index contributed by atoms with van der Waals surface area (Å²) in [5.41, 5.74) is 2.54. The van der Waals surface area contributed by atoms with Gasteiger partial charge in [0.2, 0.25) is 0 Å². The molecule has 0 spiro atoms. The summed E-state index contributed by atoms with van der Waals surface area (Å²) in [4.78, 5) is 2.16. The SMILES string of the molecule is CC(C)c1ccc(N(C)CC(C#N)C(C)C)cc1. The van der Waals surface area contributed by atoms with Gasteiger partial charge >= 0.3 is 0 Å². The van der Waals surface area contributed by atoms with Crippen LogP contribution in [-0.2, 0) is 0 Å². The Hall–Kier alpha value is -1.49. The van der Waals surface area contributed by atoms with Crippen molar-refractivity contribution in [2.24, 2.45) is 11.8 Å². The molecule has 98 valence electrons. The van der Waals surface area contributed by atoms with Gasteiger partial charge in [-0.1, -0.05) is 39.8 Å². The van der Waals surface area contributed by atoms with Crippen molar-refractivity contribution in [2.75, 3.05) is 18.5 Å². The van der Waals surface area contributed by atoms with Crippen molar-refractivity contribution in [1.82, 2.24) is 0 Å². The van der Waals surface area contributed by atoms with E-state index < -0.39 is 0 Å². The predicted molar refractivity (Wildman–Crippen MR) is 77.7 cm³/mol. The molecule has 0 amide bonds. The standard InChI is InChI=1S/C16H24N2/c1-12(2)14-6-8-16(9-7-14)18(5)11-15(10-17)13(3)4/h6-9,12-13,15H,11H2,1-5H3. The molecule has 0 aliphatic rings. The van der Waals surface area contributed by atoms with E-state index in [2.05, 4.69) is 70.0 Å². The highest BCUT2D eigenvalue weighted by atomic mass is 15.1. The molecule has 0 N–H and O–H groups in total. The van der Waals surface area contributed by atoms with E-state index in [0.29, 0.717) is 11.8 Å². The summed E-state index contributed by atoms with van der Waals surface area (Å²) in [7, 11) is 2.05. The van der Waals surface area contributed by atoms with Gasteiger partial charge in [0.1, 0.15) is 0 Å². The topological polar surface area (TPSA) is 27.0 Å². The molecule has 1 aromatic rings. The minimum atomic E-state index is 0.0831. The highest BCUT2D eigenvalue weighted by Gasteiger charge is 2.15. The van der Waals surface area contributed by atoms with Crippen LogP contribution in [0.4, 0.5) is 5.69 Å². The fourth-order valence-electron chi connectivity index (χ4n) is 1.91. The molecular weight excluding hydrogens is 220 g/mol. The molecule has 0 aliphatic heterocycles. The summed E-state index contributed by atoms with van der Waals surface area (Å²) in [6, 6.07) is 11.0. The monoisotopic (exact) mass is 244 g/mol. The largest absolute Gasteiger partial charge is 0.373 e. The molecule has 2 heteroatoms. The van der Waals surface area contributed by atoms with E-state index in [1.165, 1.54) is 11.3 Å². The fraction of sp³-hybridized carbons (Fsp3) is 0.562. The summed E-state index contributed by atoms with van der Waals surface area (Å²) in [5, 5.41) is 9.13. The van der Waals surface area contributed by atoms with Crippen LogP contribution < -0.4 is 4.90 Å². The van der Waals surface area contributed by atoms with Crippen LogP contribution in [0.3, 0.4) is 0 Å². The Morgan fingerprint density at radius 1 is 1.11 bits per heavy atom. The molecule has 0 bridgehead atoms. The van der Waals surface area contributed by atoms with Crippen molar-refractivity contribution < 1.29 is 0 Å². The van der Waals surface area contributed by atoms with Gasteiger partial charge in [0.25, 0.3) is 0 Å². The molecule has 1 rings (SSSR count). The molecule has 1 atom stereocenters. The number of hydrogen-bond acceptors (Lipinski definition) is 2. The minimum absolute atomic E-state index is 0.0831. The summed E-state index contributed by atoms with van der Waals surface area (Å²) in [5.74, 6) is 1.04. The molecule has 2 nitrogen and oxygen atoms in total. The summed E-state index contributed by atoms with van der Waals surface area (Å²) < 4.78 is 0. The van der Waals surface area contributed by atoms with Crippen molar-refractivity contribution in [3.8, 4) is 6.07 Å². The number of nitriles is 1. The Morgan fingerprint density at radius 3 is 2.06 bits per heavy atom. The van der Waals surface area contributed by atoms with Crippen molar-refractivity contribution in [3.63, 3.8) is 0 Å². The smallest absolute Gasteiger partial charge is 0.0677 e. The minimum Gasteiger partial charge on any atom is -0.373 e. The van der Waals surface area contributed by atoms with E-state index in [1.54, 1.807) is 0 Å². The quantitative estimate of drug-likeness (QED) is 0.781. The van der Waals surface area contributed by atoms with Gasteiger partial charge in [-0.15, -0.1) is 0 Å². The molecule has 0 fully saturated rings. The van der Waals surface area contributed by atoms with Crippen molar-refractivity contribution >= 4 is 5.69 Å². The van der Waals surface area contributed by atoms with Gasteiger partial charge < -0.3 is 4.90 Å². The summed E-state index contributed by atoms with van der Waals surface area (Å²) in [6.07, 6.45) is 0. The van der Waals surface area contributed by atoms with E-state index in [4.69, 9.17) is 5.26 Å². The van der Waals surface area contributed by atoms with Gasteiger partial charge in [-0.3, -0.25) is 0 Å². The predicted octanol–water partition coefficient (Wildman–Crippen LogP) is 4.04. The normalized spacial score (nSPS) is 12.6. The number of nitrogens with zero attached hydrogens (tertiary/aromatic N) is 2. The first-order valence-electron chi connectivity index (χ1n) is 6.66. The molecule has 0 aromatic heterocycles. The zero-order chi connectivity index (χ0) is 13.7. The zero-order valence-electron chi connectivity index (χ0n) is 12.1. The van der Waals surface area contributed by atoms with Gasteiger partial charge in [-0.2, -0.15) is 5.26 Å². The Balaban J connectivity index is 2.73. The van der Waals surface area contributed by atoms with Crippen LogP contribution in [0.25, 0.3) is 0 Å². The first-order chi connectivity index (χ1) is 8.45. The number of anilines is 1. The number of rotatable bonds is 5. The maximum absolute atomic E-state index is 9.13. The van der Waals surface area contributed by atoms with Crippen LogP contribution in [0, 0.1) is 23.2 Å². The molecule has 0 heterocycles. The molecular formula is C16H24N2. The van der Waals surface area contributed by atoms with Crippen molar-refractivity contribution in [2.45, 2.75) is 33.6 Å². The summed E-state index contributed by atoms with van der Waals surface area (Å²) in [6.45, 7) is 9.38. The van der Waals surface area contributed by atoms with Crippen molar-refractivity contribution in [1.29, 1.82) is 5.26 Å². The second kappa shape index (κ2) is 6.44. The van der Waals surface area contributed by atoms with Gasteiger partial charge in [0, 0.05) is 19.3 Å². The Kier molecular flexibility index (Phi) is 5.22. The lowest BCUT2D eigenvalue weighted by atomic mass is 9.96. The number of benzene rings is 1. The lowest BCUT2D eigenvalue weighted by Crippen LogP contribution is -2.27. The van der Waals surface area contributed by atoms with Gasteiger partial charge in [-0.25, -0.2) is 0 Å². The van der Waals surface area contributed by atoms with E-state index in [9.17, 15) is 0 Å². The van der Waals surface area contributed by atoms with Crippen LogP contribution in [-0.4, -0.2) is 13.6 Å². The lowest BCUT2D eigenvalue weighted by Gasteiger charge is -2.24.